The summed E-state index contributed by atoms with van der Waals surface area (Å²) in [7, 11) is 0. The number of halogens is 1. The van der Waals surface area contributed by atoms with E-state index in [1.165, 1.54) is 31.3 Å². The maximum atomic E-state index is 13.1. The normalized spacial score (nSPS) is 12.6. The van der Waals surface area contributed by atoms with E-state index in [1.54, 1.807) is 0 Å². The topological polar surface area (TPSA) is 72.3 Å². The van der Waals surface area contributed by atoms with Gasteiger partial charge in [-0.3, -0.25) is 0 Å². The first-order valence-corrected chi connectivity index (χ1v) is 4.77. The molecule has 0 radical (unpaired) electrons. The van der Waals surface area contributed by atoms with Crippen LogP contribution >= 0.6 is 0 Å². The lowest BCUT2D eigenvalue weighted by Gasteiger charge is -2.07. The molecule has 0 amide bonds. The van der Waals surface area contributed by atoms with Crippen molar-refractivity contribution in [3.05, 3.63) is 30.0 Å². The molecule has 0 fully saturated rings. The van der Waals surface area contributed by atoms with Crippen LogP contribution in [0.3, 0.4) is 0 Å². The molecule has 0 aliphatic carbocycles. The van der Waals surface area contributed by atoms with Gasteiger partial charge in [0.05, 0.1) is 11.8 Å². The Morgan fingerprint density at radius 3 is 2.75 bits per heavy atom. The van der Waals surface area contributed by atoms with E-state index >= 15 is 0 Å². The van der Waals surface area contributed by atoms with Gasteiger partial charge in [0.15, 0.2) is 0 Å². The Kier molecular flexibility index (Phi) is 2.52. The van der Waals surface area contributed by atoms with Crippen molar-refractivity contribution in [3.63, 3.8) is 0 Å². The molecule has 0 aliphatic heterocycles. The highest BCUT2D eigenvalue weighted by Crippen LogP contribution is 2.35. The van der Waals surface area contributed by atoms with Gasteiger partial charge in [-0.1, -0.05) is 11.2 Å². The van der Waals surface area contributed by atoms with Crippen LogP contribution in [0.5, 0.6) is 5.75 Å². The minimum Gasteiger partial charge on any atom is -0.507 e. The number of phenolic OH excluding ortho intramolecular Hbond substituents is 1. The third kappa shape index (κ3) is 1.71. The number of nitrogens with zero attached hydrogens (tertiary/aromatic N) is 1. The number of aromatic nitrogens is 1. The summed E-state index contributed by atoms with van der Waals surface area (Å²) in [5.74, 6) is 0.110. The first-order valence-electron chi connectivity index (χ1n) is 4.77. The van der Waals surface area contributed by atoms with E-state index in [1.807, 2.05) is 0 Å². The second-order valence-electron chi connectivity index (χ2n) is 3.50. The Hall–Kier alpha value is -2.04. The number of alkyl halides is 1. The molecule has 5 heteroatoms. The van der Waals surface area contributed by atoms with Crippen LogP contribution in [0.15, 0.2) is 28.9 Å². The summed E-state index contributed by atoms with van der Waals surface area (Å²) in [4.78, 5) is 0. The first kappa shape index (κ1) is 10.5. The zero-order chi connectivity index (χ0) is 11.7. The lowest BCUT2D eigenvalue weighted by Crippen LogP contribution is -1.89. The average molecular weight is 222 g/mol. The maximum Gasteiger partial charge on any atom is 0.230 e. The molecule has 1 aromatic carbocycles. The molecular weight excluding hydrogens is 211 g/mol. The fraction of sp³-hybridized carbons (Fsp3) is 0.182. The Morgan fingerprint density at radius 2 is 2.19 bits per heavy atom. The Labute approximate surface area is 91.5 Å². The van der Waals surface area contributed by atoms with E-state index in [0.717, 1.165) is 0 Å². The SMILES string of the molecule is CC(F)c1ccc(O)c(-c2cnoc2N)c1. The Balaban J connectivity index is 2.56. The van der Waals surface area contributed by atoms with Crippen molar-refractivity contribution in [1.82, 2.24) is 5.16 Å². The van der Waals surface area contributed by atoms with Gasteiger partial charge in [0, 0.05) is 5.56 Å². The third-order valence-electron chi connectivity index (χ3n) is 2.37. The monoisotopic (exact) mass is 222 g/mol. The number of benzene rings is 1. The zero-order valence-corrected chi connectivity index (χ0v) is 8.64. The van der Waals surface area contributed by atoms with Crippen LogP contribution in [0.25, 0.3) is 11.1 Å². The van der Waals surface area contributed by atoms with Crippen LogP contribution in [0.1, 0.15) is 18.7 Å². The average Bonchev–Trinajstić information content (AvgIpc) is 2.65. The molecule has 1 aromatic heterocycles. The van der Waals surface area contributed by atoms with Crippen molar-refractivity contribution in [1.29, 1.82) is 0 Å². The molecule has 0 saturated heterocycles. The molecule has 0 saturated carbocycles. The standard InChI is InChI=1S/C11H11FN2O2/c1-6(12)7-2-3-10(15)8(4-7)9-5-14-16-11(9)13/h2-6,15H,13H2,1H3. The molecule has 16 heavy (non-hydrogen) atoms. The number of anilines is 1. The minimum atomic E-state index is -1.11. The van der Waals surface area contributed by atoms with E-state index in [4.69, 9.17) is 10.3 Å². The molecule has 1 atom stereocenters. The Bertz CT molecular complexity index is 508. The lowest BCUT2D eigenvalue weighted by atomic mass is 10.0. The quantitative estimate of drug-likeness (QED) is 0.819. The summed E-state index contributed by atoms with van der Waals surface area (Å²) in [6.45, 7) is 1.42. The van der Waals surface area contributed by atoms with Gasteiger partial charge in [-0.15, -0.1) is 0 Å². The second-order valence-corrected chi connectivity index (χ2v) is 3.50. The molecular formula is C11H11FN2O2. The van der Waals surface area contributed by atoms with Crippen LogP contribution in [0, 0.1) is 0 Å². The Morgan fingerprint density at radius 1 is 1.44 bits per heavy atom. The van der Waals surface area contributed by atoms with Crippen molar-refractivity contribution in [2.24, 2.45) is 0 Å². The van der Waals surface area contributed by atoms with Gasteiger partial charge in [-0.05, 0) is 24.6 Å². The highest BCUT2D eigenvalue weighted by Gasteiger charge is 2.14. The number of rotatable bonds is 2. The van der Waals surface area contributed by atoms with Crippen LogP contribution in [-0.2, 0) is 0 Å². The summed E-state index contributed by atoms with van der Waals surface area (Å²) in [5, 5.41) is 13.2. The summed E-state index contributed by atoms with van der Waals surface area (Å²) < 4.78 is 17.8. The van der Waals surface area contributed by atoms with Gasteiger partial charge in [0.2, 0.25) is 5.88 Å². The third-order valence-corrected chi connectivity index (χ3v) is 2.37. The predicted molar refractivity (Wildman–Crippen MR) is 57.5 cm³/mol. The number of nitrogens with two attached hydrogens (primary N) is 1. The number of aromatic hydroxyl groups is 1. The molecule has 0 bridgehead atoms. The number of phenols is 1. The van der Waals surface area contributed by atoms with Gasteiger partial charge >= 0.3 is 0 Å². The highest BCUT2D eigenvalue weighted by atomic mass is 19.1. The van der Waals surface area contributed by atoms with Crippen molar-refractivity contribution in [3.8, 4) is 16.9 Å². The summed E-state index contributed by atoms with van der Waals surface area (Å²) >= 11 is 0. The lowest BCUT2D eigenvalue weighted by molar-refractivity contribution is 0.374. The molecule has 1 unspecified atom stereocenters. The molecule has 4 nitrogen and oxygen atoms in total. The van der Waals surface area contributed by atoms with Gasteiger partial charge in [0.1, 0.15) is 11.9 Å². The predicted octanol–water partition coefficient (Wildman–Crippen LogP) is 2.66. The summed E-state index contributed by atoms with van der Waals surface area (Å²) in [6.07, 6.45) is 0.275. The van der Waals surface area contributed by atoms with Gasteiger partial charge in [-0.2, -0.15) is 0 Å². The van der Waals surface area contributed by atoms with Crippen LogP contribution in [-0.4, -0.2) is 10.3 Å². The molecule has 84 valence electrons. The van der Waals surface area contributed by atoms with Crippen molar-refractivity contribution < 1.29 is 14.0 Å². The number of nitrogen functional groups attached to an aromatic ring is 1. The fourth-order valence-electron chi connectivity index (χ4n) is 1.47. The van der Waals surface area contributed by atoms with Crippen LogP contribution in [0.2, 0.25) is 0 Å². The number of hydrogen-bond acceptors (Lipinski definition) is 4. The van der Waals surface area contributed by atoms with Gasteiger partial charge in [0.25, 0.3) is 0 Å². The molecule has 2 aromatic rings. The first-order chi connectivity index (χ1) is 7.59. The van der Waals surface area contributed by atoms with Crippen molar-refractivity contribution >= 4 is 5.88 Å². The van der Waals surface area contributed by atoms with E-state index in [2.05, 4.69) is 5.16 Å². The van der Waals surface area contributed by atoms with E-state index < -0.39 is 6.17 Å². The smallest absolute Gasteiger partial charge is 0.230 e. The maximum absolute atomic E-state index is 13.1. The van der Waals surface area contributed by atoms with Crippen LogP contribution in [0.4, 0.5) is 10.3 Å². The number of hydrogen-bond donors (Lipinski definition) is 2. The second kappa shape index (κ2) is 3.84. The fourth-order valence-corrected chi connectivity index (χ4v) is 1.47. The largest absolute Gasteiger partial charge is 0.507 e. The highest BCUT2D eigenvalue weighted by molar-refractivity contribution is 5.77. The van der Waals surface area contributed by atoms with E-state index in [0.29, 0.717) is 16.7 Å². The van der Waals surface area contributed by atoms with Gasteiger partial charge < -0.3 is 15.4 Å². The summed E-state index contributed by atoms with van der Waals surface area (Å²) in [5.41, 5.74) is 6.88. The van der Waals surface area contributed by atoms with E-state index in [9.17, 15) is 9.50 Å². The van der Waals surface area contributed by atoms with Crippen LogP contribution < -0.4 is 5.73 Å². The zero-order valence-electron chi connectivity index (χ0n) is 8.64. The van der Waals surface area contributed by atoms with Crippen molar-refractivity contribution in [2.45, 2.75) is 13.1 Å². The van der Waals surface area contributed by atoms with Gasteiger partial charge in [-0.25, -0.2) is 4.39 Å². The minimum absolute atomic E-state index is 0.0132. The van der Waals surface area contributed by atoms with Crippen molar-refractivity contribution in [2.75, 3.05) is 5.73 Å². The molecule has 0 aliphatic rings. The molecule has 3 N–H and O–H groups in total. The van der Waals surface area contributed by atoms with E-state index in [-0.39, 0.29) is 11.6 Å². The molecule has 1 heterocycles. The molecule has 2 rings (SSSR count). The molecule has 0 spiro atoms. The summed E-state index contributed by atoms with van der Waals surface area (Å²) in [6, 6.07) is 4.48.